The van der Waals surface area contributed by atoms with E-state index in [0.29, 0.717) is 42.7 Å². The van der Waals surface area contributed by atoms with E-state index in [2.05, 4.69) is 10.3 Å². The minimum atomic E-state index is -4.91. The zero-order valence-electron chi connectivity index (χ0n) is 18.5. The van der Waals surface area contributed by atoms with E-state index in [1.54, 1.807) is 4.90 Å². The van der Waals surface area contributed by atoms with Crippen molar-refractivity contribution < 1.29 is 39.6 Å². The summed E-state index contributed by atoms with van der Waals surface area (Å²) in [4.78, 5) is 17.9. The highest BCUT2D eigenvalue weighted by Gasteiger charge is 2.38. The van der Waals surface area contributed by atoms with E-state index in [1.165, 1.54) is 0 Å². The number of hydrogen-bond acceptors (Lipinski definition) is 6. The van der Waals surface area contributed by atoms with Crippen molar-refractivity contribution in [2.45, 2.75) is 31.7 Å². The normalized spacial score (nSPS) is 19.9. The molecule has 1 saturated heterocycles. The van der Waals surface area contributed by atoms with E-state index in [9.17, 15) is 39.6 Å². The van der Waals surface area contributed by atoms with Crippen molar-refractivity contribution in [3.05, 3.63) is 45.9 Å². The number of carbonyl (C=O) groups excluding carboxylic acids is 1. The number of carbonyl (C=O) groups is 1. The lowest BCUT2D eigenvalue weighted by atomic mass is 9.95. The summed E-state index contributed by atoms with van der Waals surface area (Å²) in [6.45, 7) is 0.790. The summed E-state index contributed by atoms with van der Waals surface area (Å²) in [6.07, 6.45) is -5.71. The van der Waals surface area contributed by atoms with Crippen molar-refractivity contribution in [2.75, 3.05) is 31.6 Å². The molecule has 1 aromatic carbocycles. The van der Waals surface area contributed by atoms with Crippen LogP contribution in [0.15, 0.2) is 34.2 Å². The predicted molar refractivity (Wildman–Crippen MR) is 121 cm³/mol. The van der Waals surface area contributed by atoms with Crippen LogP contribution in [0.4, 0.5) is 31.1 Å². The van der Waals surface area contributed by atoms with Crippen molar-refractivity contribution >= 4 is 32.7 Å². The number of halogens is 6. The Hall–Kier alpha value is -2.06. The van der Waals surface area contributed by atoms with Gasteiger partial charge in [-0.05, 0) is 61.3 Å². The topological polar surface area (TPSA) is 78.8 Å². The summed E-state index contributed by atoms with van der Waals surface area (Å²) >= 11 is 0.913. The summed E-state index contributed by atoms with van der Waals surface area (Å²) in [7, 11) is -3.19. The third-order valence-electron chi connectivity index (χ3n) is 5.55. The maximum Gasteiger partial charge on any atom is 0.416 e. The van der Waals surface area contributed by atoms with Gasteiger partial charge in [0.1, 0.15) is 15.7 Å². The molecule has 0 saturated carbocycles. The number of thioether (sulfide) groups is 1. The molecule has 194 valence electrons. The fraction of sp³-hybridized carbons (Fsp3) is 0.524. The van der Waals surface area contributed by atoms with E-state index >= 15 is 0 Å². The quantitative estimate of drug-likeness (QED) is 0.524. The Morgan fingerprint density at radius 3 is 2.37 bits per heavy atom. The highest BCUT2D eigenvalue weighted by molar-refractivity contribution is 8.18. The van der Waals surface area contributed by atoms with E-state index < -0.39 is 38.6 Å². The Morgan fingerprint density at radius 1 is 1.14 bits per heavy atom. The van der Waals surface area contributed by atoms with Gasteiger partial charge >= 0.3 is 17.6 Å². The minimum absolute atomic E-state index is 0.0104. The summed E-state index contributed by atoms with van der Waals surface area (Å²) < 4.78 is 101. The fourth-order valence-corrected chi connectivity index (χ4v) is 5.07. The Kier molecular flexibility index (Phi) is 8.26. The standard InChI is InChI=1S/C21H23F6N3O3S2/c1-35(32,33)9-6-28-18-17(34-19(31)29-18)10-13-4-7-30(8-5-13)12-14-2-3-15(20(22,23)24)11-16(14)21(25,26)27/h2-3,10-11,13H,4-9,12H2,1H3,(H,28,29,31)/b17-10-. The van der Waals surface area contributed by atoms with Crippen LogP contribution in [0.5, 0.6) is 0 Å². The second-order valence-corrected chi connectivity index (χ2v) is 11.6. The van der Waals surface area contributed by atoms with Crippen molar-refractivity contribution in [3.8, 4) is 0 Å². The number of nitrogens with zero attached hydrogens (tertiary/aromatic N) is 2. The lowest BCUT2D eigenvalue weighted by molar-refractivity contribution is -0.143. The van der Waals surface area contributed by atoms with Crippen molar-refractivity contribution in [1.29, 1.82) is 0 Å². The lowest BCUT2D eigenvalue weighted by Crippen LogP contribution is -2.34. The number of amides is 1. The van der Waals surface area contributed by atoms with Crippen LogP contribution in [0, 0.1) is 5.92 Å². The molecule has 2 heterocycles. The van der Waals surface area contributed by atoms with E-state index in [4.69, 9.17) is 0 Å². The molecular weight excluding hydrogens is 520 g/mol. The van der Waals surface area contributed by atoms with Crippen LogP contribution >= 0.6 is 11.8 Å². The second-order valence-electron chi connectivity index (χ2n) is 8.40. The number of rotatable bonds is 6. The van der Waals surface area contributed by atoms with E-state index in [0.717, 1.165) is 24.1 Å². The summed E-state index contributed by atoms with van der Waals surface area (Å²) in [5.74, 6) is 0.183. The molecule has 2 aliphatic rings. The first-order valence-corrected chi connectivity index (χ1v) is 13.4. The minimum Gasteiger partial charge on any atom is -0.368 e. The second kappa shape index (κ2) is 10.5. The third-order valence-corrected chi connectivity index (χ3v) is 7.32. The van der Waals surface area contributed by atoms with Gasteiger partial charge in [-0.25, -0.2) is 8.42 Å². The third kappa shape index (κ3) is 7.97. The van der Waals surface area contributed by atoms with Crippen molar-refractivity contribution in [1.82, 2.24) is 10.2 Å². The molecule has 6 nitrogen and oxygen atoms in total. The molecule has 0 aromatic heterocycles. The molecule has 1 amide bonds. The Bertz CT molecular complexity index is 1120. The molecule has 35 heavy (non-hydrogen) atoms. The molecule has 0 atom stereocenters. The molecule has 1 N–H and O–H groups in total. The van der Waals surface area contributed by atoms with Gasteiger partial charge in [-0.2, -0.15) is 31.3 Å². The number of benzene rings is 1. The smallest absolute Gasteiger partial charge is 0.368 e. The first kappa shape index (κ1) is 27.5. The number of hydrogen-bond donors (Lipinski definition) is 1. The monoisotopic (exact) mass is 543 g/mol. The van der Waals surface area contributed by atoms with Crippen LogP contribution in [0.1, 0.15) is 29.5 Å². The largest absolute Gasteiger partial charge is 0.416 e. The van der Waals surface area contributed by atoms with Gasteiger partial charge in [0.15, 0.2) is 0 Å². The van der Waals surface area contributed by atoms with Crippen LogP contribution in [-0.4, -0.2) is 56.0 Å². The highest BCUT2D eigenvalue weighted by Crippen LogP contribution is 2.38. The molecule has 14 heteroatoms. The Morgan fingerprint density at radius 2 is 1.80 bits per heavy atom. The van der Waals surface area contributed by atoms with Gasteiger partial charge in [0.2, 0.25) is 0 Å². The first-order valence-electron chi connectivity index (χ1n) is 10.6. The molecule has 0 bridgehead atoms. The van der Waals surface area contributed by atoms with Gasteiger partial charge in [0, 0.05) is 19.3 Å². The Labute approximate surface area is 202 Å². The van der Waals surface area contributed by atoms with Crippen LogP contribution in [0.3, 0.4) is 0 Å². The number of amidine groups is 1. The SMILES string of the molecule is CS(=O)(=O)CCNC1=NC(=O)S/C1=C\C1CCN(Cc2ccc(C(F)(F)F)cc2C(F)(F)F)CC1. The molecular formula is C21H23F6N3O3S2. The molecule has 0 aliphatic carbocycles. The van der Waals surface area contributed by atoms with Crippen molar-refractivity contribution in [3.63, 3.8) is 0 Å². The molecule has 0 radical (unpaired) electrons. The van der Waals surface area contributed by atoms with Gasteiger partial charge in [-0.15, -0.1) is 0 Å². The maximum atomic E-state index is 13.4. The van der Waals surface area contributed by atoms with Crippen LogP contribution in [0.2, 0.25) is 0 Å². The molecule has 0 spiro atoms. The number of nitrogens with one attached hydrogen (secondary N) is 1. The summed E-state index contributed by atoms with van der Waals surface area (Å²) in [5, 5.41) is 2.42. The van der Waals surface area contributed by atoms with Gasteiger partial charge in [-0.1, -0.05) is 12.1 Å². The fourth-order valence-electron chi connectivity index (χ4n) is 3.79. The van der Waals surface area contributed by atoms with Gasteiger partial charge in [0.05, 0.1) is 21.8 Å². The van der Waals surface area contributed by atoms with Gasteiger partial charge in [0.25, 0.3) is 0 Å². The molecule has 0 unspecified atom stereocenters. The number of alkyl halides is 6. The van der Waals surface area contributed by atoms with Crippen molar-refractivity contribution in [2.24, 2.45) is 10.9 Å². The molecule has 2 aliphatic heterocycles. The van der Waals surface area contributed by atoms with E-state index in [-0.39, 0.29) is 36.4 Å². The average Bonchev–Trinajstić information content (AvgIpc) is 3.06. The maximum absolute atomic E-state index is 13.4. The average molecular weight is 544 g/mol. The summed E-state index contributed by atoms with van der Waals surface area (Å²) in [5.41, 5.74) is -2.85. The van der Waals surface area contributed by atoms with Crippen LogP contribution in [-0.2, 0) is 28.7 Å². The first-order chi connectivity index (χ1) is 16.1. The number of piperidine rings is 1. The van der Waals surface area contributed by atoms with E-state index in [1.807, 2.05) is 6.08 Å². The number of aliphatic imine (C=N–C) groups is 1. The lowest BCUT2D eigenvalue weighted by Gasteiger charge is -2.31. The number of sulfone groups is 1. The summed E-state index contributed by atoms with van der Waals surface area (Å²) in [6, 6.07) is 1.69. The molecule has 3 rings (SSSR count). The van der Waals surface area contributed by atoms with Gasteiger partial charge in [-0.3, -0.25) is 9.69 Å². The molecule has 1 aromatic rings. The zero-order valence-corrected chi connectivity index (χ0v) is 20.2. The number of likely N-dealkylation sites (tertiary alicyclic amines) is 1. The predicted octanol–water partition coefficient (Wildman–Crippen LogP) is 4.72. The zero-order chi connectivity index (χ0) is 26.0. The van der Waals surface area contributed by atoms with Crippen LogP contribution in [0.25, 0.3) is 0 Å². The molecule has 1 fully saturated rings. The highest BCUT2D eigenvalue weighted by atomic mass is 32.2. The Balaban J connectivity index is 1.63. The van der Waals surface area contributed by atoms with Crippen LogP contribution < -0.4 is 5.32 Å². The number of allylic oxidation sites excluding steroid dienone is 1. The van der Waals surface area contributed by atoms with Gasteiger partial charge < -0.3 is 5.32 Å².